The van der Waals surface area contributed by atoms with E-state index in [0.717, 1.165) is 28.9 Å². The average molecular weight is 390 g/mol. The zero-order chi connectivity index (χ0) is 17.5. The first-order valence-corrected chi connectivity index (χ1v) is 9.99. The van der Waals surface area contributed by atoms with Gasteiger partial charge in [-0.25, -0.2) is 0 Å². The molecule has 0 saturated heterocycles. The van der Waals surface area contributed by atoms with Gasteiger partial charge in [0, 0.05) is 17.3 Å². The molecule has 0 fully saturated rings. The second-order valence-electron chi connectivity index (χ2n) is 6.83. The van der Waals surface area contributed by atoms with Gasteiger partial charge in [-0.15, -0.1) is 12.4 Å². The van der Waals surface area contributed by atoms with E-state index in [2.05, 4.69) is 60.8 Å². The van der Waals surface area contributed by atoms with Gasteiger partial charge in [0.15, 0.2) is 0 Å². The fourth-order valence-electron chi connectivity index (χ4n) is 3.60. The second kappa shape index (κ2) is 10.8. The number of unbranched alkanes of at least 4 members (excludes halogenated alkanes) is 5. The molecule has 0 amide bonds. The van der Waals surface area contributed by atoms with Gasteiger partial charge in [0.05, 0.1) is 5.02 Å². The molecule has 3 aromatic carbocycles. The maximum Gasteiger partial charge on any atom is 0.0562 e. The summed E-state index contributed by atoms with van der Waals surface area (Å²) in [6, 6.07) is 17.0. The zero-order valence-electron chi connectivity index (χ0n) is 15.6. The summed E-state index contributed by atoms with van der Waals surface area (Å²) in [5.74, 6) is 0. The van der Waals surface area contributed by atoms with Crippen molar-refractivity contribution in [2.24, 2.45) is 0 Å². The van der Waals surface area contributed by atoms with Crippen LogP contribution in [0.25, 0.3) is 21.5 Å². The summed E-state index contributed by atoms with van der Waals surface area (Å²) in [6.07, 6.45) is 8.01. The van der Waals surface area contributed by atoms with E-state index in [9.17, 15) is 0 Å². The highest BCUT2D eigenvalue weighted by Gasteiger charge is 2.11. The molecule has 1 nitrogen and oxygen atoms in total. The molecule has 0 bridgehead atoms. The van der Waals surface area contributed by atoms with Gasteiger partial charge in [-0.1, -0.05) is 99.2 Å². The van der Waals surface area contributed by atoms with E-state index in [1.54, 1.807) is 0 Å². The van der Waals surface area contributed by atoms with Crippen LogP contribution in [-0.4, -0.2) is 6.54 Å². The second-order valence-corrected chi connectivity index (χ2v) is 7.21. The van der Waals surface area contributed by atoms with Crippen molar-refractivity contribution in [3.8, 4) is 0 Å². The maximum atomic E-state index is 6.67. The number of nitrogens with one attached hydrogen (secondary N) is 1. The lowest BCUT2D eigenvalue weighted by atomic mass is 9.96. The highest BCUT2D eigenvalue weighted by atomic mass is 35.5. The molecule has 3 rings (SSSR count). The molecule has 1 N–H and O–H groups in total. The first-order valence-electron chi connectivity index (χ1n) is 9.61. The molecular weight excluding hydrogens is 361 g/mol. The van der Waals surface area contributed by atoms with Crippen LogP contribution in [0.2, 0.25) is 5.02 Å². The third-order valence-corrected chi connectivity index (χ3v) is 5.39. The minimum absolute atomic E-state index is 0. The third kappa shape index (κ3) is 4.91. The predicted molar refractivity (Wildman–Crippen MR) is 119 cm³/mol. The molecule has 140 valence electrons. The van der Waals surface area contributed by atoms with E-state index in [1.165, 1.54) is 54.9 Å². The molecule has 3 aromatic rings. The summed E-state index contributed by atoms with van der Waals surface area (Å²) in [7, 11) is 0. The van der Waals surface area contributed by atoms with Crippen LogP contribution in [0.4, 0.5) is 0 Å². The van der Waals surface area contributed by atoms with E-state index >= 15 is 0 Å². The Kier molecular flexibility index (Phi) is 8.71. The van der Waals surface area contributed by atoms with Crippen molar-refractivity contribution in [1.29, 1.82) is 0 Å². The monoisotopic (exact) mass is 389 g/mol. The predicted octanol–water partition coefficient (Wildman–Crippen LogP) is 7.52. The van der Waals surface area contributed by atoms with Crippen LogP contribution in [0.1, 0.15) is 51.0 Å². The van der Waals surface area contributed by atoms with Gasteiger partial charge < -0.3 is 5.32 Å². The Bertz CT molecular complexity index is 772. The Labute approximate surface area is 168 Å². The lowest BCUT2D eigenvalue weighted by molar-refractivity contribution is 0.573. The number of halogens is 2. The van der Waals surface area contributed by atoms with E-state index in [0.29, 0.717) is 0 Å². The topological polar surface area (TPSA) is 12.0 Å². The Morgan fingerprint density at radius 3 is 1.81 bits per heavy atom. The van der Waals surface area contributed by atoms with Gasteiger partial charge >= 0.3 is 0 Å². The van der Waals surface area contributed by atoms with Gasteiger partial charge in [0.2, 0.25) is 0 Å². The smallest absolute Gasteiger partial charge is 0.0562 e. The highest BCUT2D eigenvalue weighted by molar-refractivity contribution is 6.41. The van der Waals surface area contributed by atoms with Crippen molar-refractivity contribution in [2.75, 3.05) is 6.54 Å². The number of hydrogen-bond acceptors (Lipinski definition) is 1. The highest BCUT2D eigenvalue weighted by Crippen LogP contribution is 2.35. The van der Waals surface area contributed by atoms with Crippen LogP contribution < -0.4 is 5.32 Å². The lowest BCUT2D eigenvalue weighted by Crippen LogP contribution is -2.15. The summed E-state index contributed by atoms with van der Waals surface area (Å²) in [5.41, 5.74) is 1.36. The van der Waals surface area contributed by atoms with Crippen molar-refractivity contribution in [3.05, 3.63) is 59.1 Å². The fraction of sp³-hybridized carbons (Fsp3) is 0.391. The van der Waals surface area contributed by atoms with Crippen LogP contribution in [0.15, 0.2) is 48.5 Å². The number of hydrogen-bond donors (Lipinski definition) is 1. The third-order valence-electron chi connectivity index (χ3n) is 4.99. The van der Waals surface area contributed by atoms with Crippen LogP contribution in [0.5, 0.6) is 0 Å². The standard InChI is InChI=1S/C23H28ClN.ClH/c1-2-3-4-5-6-11-16-25-17-22-18-12-7-9-14-20(18)23(24)21-15-10-8-13-19(21)22;/h7-10,12-15,25H,2-6,11,16-17H2,1H3;1H. The number of rotatable bonds is 9. The molecule has 26 heavy (non-hydrogen) atoms. The molecule has 0 atom stereocenters. The summed E-state index contributed by atoms with van der Waals surface area (Å²) >= 11 is 6.67. The molecule has 3 heteroatoms. The van der Waals surface area contributed by atoms with Crippen molar-refractivity contribution in [1.82, 2.24) is 5.32 Å². The Hall–Kier alpha value is -1.28. The summed E-state index contributed by atoms with van der Waals surface area (Å²) in [6.45, 7) is 4.24. The summed E-state index contributed by atoms with van der Waals surface area (Å²) in [5, 5.41) is 9.35. The Morgan fingerprint density at radius 1 is 0.731 bits per heavy atom. The molecule has 0 saturated carbocycles. The van der Waals surface area contributed by atoms with Crippen LogP contribution in [0, 0.1) is 0 Å². The van der Waals surface area contributed by atoms with E-state index in [4.69, 9.17) is 11.6 Å². The quantitative estimate of drug-likeness (QED) is 0.294. The van der Waals surface area contributed by atoms with Gasteiger partial charge in [-0.2, -0.15) is 0 Å². The van der Waals surface area contributed by atoms with E-state index in [1.807, 2.05) is 0 Å². The van der Waals surface area contributed by atoms with Gasteiger partial charge in [-0.3, -0.25) is 0 Å². The molecule has 0 aliphatic carbocycles. The van der Waals surface area contributed by atoms with Crippen LogP contribution in [-0.2, 0) is 6.54 Å². The van der Waals surface area contributed by atoms with Gasteiger partial charge in [-0.05, 0) is 29.3 Å². The average Bonchev–Trinajstić information content (AvgIpc) is 2.66. The van der Waals surface area contributed by atoms with Crippen LogP contribution >= 0.6 is 24.0 Å². The largest absolute Gasteiger partial charge is 0.313 e. The fourth-order valence-corrected chi connectivity index (χ4v) is 3.93. The molecular formula is C23H29Cl2N. The van der Waals surface area contributed by atoms with Crippen molar-refractivity contribution < 1.29 is 0 Å². The number of fused-ring (bicyclic) bond motifs is 2. The van der Waals surface area contributed by atoms with Gasteiger partial charge in [0.1, 0.15) is 0 Å². The van der Waals surface area contributed by atoms with E-state index < -0.39 is 0 Å². The molecule has 0 heterocycles. The van der Waals surface area contributed by atoms with Crippen molar-refractivity contribution >= 4 is 45.6 Å². The lowest BCUT2D eigenvalue weighted by Gasteiger charge is -2.14. The molecule has 0 aromatic heterocycles. The normalized spacial score (nSPS) is 11.0. The molecule has 0 aliphatic heterocycles. The molecule has 0 radical (unpaired) electrons. The first kappa shape index (κ1) is 21.0. The van der Waals surface area contributed by atoms with Crippen molar-refractivity contribution in [2.45, 2.75) is 52.0 Å². The Balaban J connectivity index is 0.00000243. The Morgan fingerprint density at radius 2 is 1.23 bits per heavy atom. The summed E-state index contributed by atoms with van der Waals surface area (Å²) in [4.78, 5) is 0. The van der Waals surface area contributed by atoms with Crippen molar-refractivity contribution in [3.63, 3.8) is 0 Å². The van der Waals surface area contributed by atoms with Crippen LogP contribution in [0.3, 0.4) is 0 Å². The zero-order valence-corrected chi connectivity index (χ0v) is 17.1. The number of benzene rings is 3. The first-order chi connectivity index (χ1) is 12.3. The van der Waals surface area contributed by atoms with Gasteiger partial charge in [0.25, 0.3) is 0 Å². The molecule has 0 unspecified atom stereocenters. The minimum atomic E-state index is 0. The summed E-state index contributed by atoms with van der Waals surface area (Å²) < 4.78 is 0. The molecule has 0 aliphatic rings. The van der Waals surface area contributed by atoms with E-state index in [-0.39, 0.29) is 12.4 Å². The SMILES string of the molecule is CCCCCCCCNCc1c2ccccc2c(Cl)c2ccccc12.Cl. The minimum Gasteiger partial charge on any atom is -0.313 e. The molecule has 0 spiro atoms. The maximum absolute atomic E-state index is 6.67.